The quantitative estimate of drug-likeness (QED) is 0.869. The molecule has 3 heteroatoms. The first kappa shape index (κ1) is 16.3. The normalized spacial score (nSPS) is 26.1. The van der Waals surface area contributed by atoms with Crippen molar-refractivity contribution < 1.29 is 9.13 Å². The van der Waals surface area contributed by atoms with Crippen LogP contribution in [0.2, 0.25) is 0 Å². The Balaban J connectivity index is 1.98. The topological polar surface area (TPSA) is 21.3 Å². The van der Waals surface area contributed by atoms with Gasteiger partial charge >= 0.3 is 0 Å². The van der Waals surface area contributed by atoms with E-state index in [4.69, 9.17) is 4.74 Å². The molecule has 2 rings (SSSR count). The Morgan fingerprint density at radius 2 is 2.10 bits per heavy atom. The van der Waals surface area contributed by atoms with Crippen molar-refractivity contribution in [1.29, 1.82) is 0 Å². The van der Waals surface area contributed by atoms with Gasteiger partial charge in [0.1, 0.15) is 0 Å². The van der Waals surface area contributed by atoms with Crippen molar-refractivity contribution in [1.82, 2.24) is 5.32 Å². The molecule has 1 fully saturated rings. The number of nitrogens with one attached hydrogen (secondary N) is 1. The summed E-state index contributed by atoms with van der Waals surface area (Å²) < 4.78 is 18.7. The third-order valence-electron chi connectivity index (χ3n) is 4.81. The summed E-state index contributed by atoms with van der Waals surface area (Å²) in [5, 5.41) is 3.66. The molecular weight excluding hydrogens is 265 g/mol. The average molecular weight is 293 g/mol. The highest BCUT2D eigenvalue weighted by atomic mass is 19.1. The molecule has 1 saturated carbocycles. The number of rotatable bonds is 5. The first-order chi connectivity index (χ1) is 10.0. The molecule has 0 amide bonds. The molecule has 1 N–H and O–H groups in total. The van der Waals surface area contributed by atoms with Gasteiger partial charge in [-0.25, -0.2) is 4.39 Å². The zero-order chi connectivity index (χ0) is 15.4. The lowest BCUT2D eigenvalue weighted by atomic mass is 9.74. The summed E-state index contributed by atoms with van der Waals surface area (Å²) in [4.78, 5) is 0. The highest BCUT2D eigenvalue weighted by molar-refractivity contribution is 5.29. The standard InChI is InChI=1S/C18H28FNO/c1-12(2)15-7-5-13(3)9-17(15)20-11-14-6-8-18(21-4)16(19)10-14/h6,8,10,12-13,15,17,20H,5,7,9,11H2,1-4H3. The van der Waals surface area contributed by atoms with Crippen LogP contribution in [0.3, 0.4) is 0 Å². The highest BCUT2D eigenvalue weighted by Crippen LogP contribution is 2.33. The van der Waals surface area contributed by atoms with Crippen molar-refractivity contribution in [2.75, 3.05) is 7.11 Å². The Morgan fingerprint density at radius 3 is 2.71 bits per heavy atom. The van der Waals surface area contributed by atoms with Gasteiger partial charge in [-0.3, -0.25) is 0 Å². The van der Waals surface area contributed by atoms with Crippen LogP contribution in [-0.2, 0) is 6.54 Å². The van der Waals surface area contributed by atoms with E-state index in [1.165, 1.54) is 26.4 Å². The Labute approximate surface area is 128 Å². The van der Waals surface area contributed by atoms with Gasteiger partial charge in [0.2, 0.25) is 0 Å². The van der Waals surface area contributed by atoms with Crippen LogP contribution in [0.5, 0.6) is 5.75 Å². The molecule has 1 aromatic rings. The monoisotopic (exact) mass is 293 g/mol. The predicted molar refractivity (Wildman–Crippen MR) is 84.9 cm³/mol. The summed E-state index contributed by atoms with van der Waals surface area (Å²) in [5.41, 5.74) is 0.981. The van der Waals surface area contributed by atoms with Crippen molar-refractivity contribution in [3.05, 3.63) is 29.6 Å². The van der Waals surface area contributed by atoms with Crippen molar-refractivity contribution in [3.63, 3.8) is 0 Å². The first-order valence-corrected chi connectivity index (χ1v) is 8.07. The van der Waals surface area contributed by atoms with Crippen LogP contribution >= 0.6 is 0 Å². The SMILES string of the molecule is COc1ccc(CNC2CC(C)CCC2C(C)C)cc1F. The summed E-state index contributed by atoms with van der Waals surface area (Å²) in [6.45, 7) is 7.67. The van der Waals surface area contributed by atoms with E-state index < -0.39 is 0 Å². The van der Waals surface area contributed by atoms with Gasteiger partial charge in [-0.1, -0.05) is 33.3 Å². The van der Waals surface area contributed by atoms with Gasteiger partial charge in [0.15, 0.2) is 11.6 Å². The molecule has 1 aliphatic carbocycles. The zero-order valence-electron chi connectivity index (χ0n) is 13.7. The third kappa shape index (κ3) is 4.19. The van der Waals surface area contributed by atoms with Gasteiger partial charge in [-0.2, -0.15) is 0 Å². The molecule has 0 saturated heterocycles. The lowest BCUT2D eigenvalue weighted by molar-refractivity contribution is 0.169. The van der Waals surface area contributed by atoms with E-state index in [1.54, 1.807) is 12.1 Å². The number of benzene rings is 1. The molecule has 0 spiro atoms. The lowest BCUT2D eigenvalue weighted by Crippen LogP contribution is -2.42. The van der Waals surface area contributed by atoms with Crippen molar-refractivity contribution in [2.24, 2.45) is 17.8 Å². The number of hydrogen-bond donors (Lipinski definition) is 1. The van der Waals surface area contributed by atoms with Crippen LogP contribution in [0.15, 0.2) is 18.2 Å². The van der Waals surface area contributed by atoms with Crippen LogP contribution in [-0.4, -0.2) is 13.2 Å². The molecule has 0 aliphatic heterocycles. The second-order valence-electron chi connectivity index (χ2n) is 6.78. The first-order valence-electron chi connectivity index (χ1n) is 8.07. The van der Waals surface area contributed by atoms with E-state index in [-0.39, 0.29) is 5.82 Å². The molecule has 3 atom stereocenters. The second kappa shape index (κ2) is 7.26. The number of halogens is 1. The fourth-order valence-corrected chi connectivity index (χ4v) is 3.51. The minimum atomic E-state index is -0.283. The summed E-state index contributed by atoms with van der Waals surface area (Å²) in [6.07, 6.45) is 3.85. The smallest absolute Gasteiger partial charge is 0.165 e. The lowest BCUT2D eigenvalue weighted by Gasteiger charge is -2.38. The molecule has 1 aliphatic rings. The highest BCUT2D eigenvalue weighted by Gasteiger charge is 2.30. The van der Waals surface area contributed by atoms with Crippen molar-refractivity contribution >= 4 is 0 Å². The Hall–Kier alpha value is -1.09. The maximum Gasteiger partial charge on any atom is 0.165 e. The largest absolute Gasteiger partial charge is 0.494 e. The van der Waals surface area contributed by atoms with Gasteiger partial charge < -0.3 is 10.1 Å². The molecule has 1 aromatic carbocycles. The number of ether oxygens (including phenoxy) is 1. The minimum Gasteiger partial charge on any atom is -0.494 e. The summed E-state index contributed by atoms with van der Waals surface area (Å²) in [5.74, 6) is 2.23. The molecular formula is C18H28FNO. The summed E-state index contributed by atoms with van der Waals surface area (Å²) in [7, 11) is 1.49. The Kier molecular flexibility index (Phi) is 5.63. The van der Waals surface area contributed by atoms with Gasteiger partial charge in [0.25, 0.3) is 0 Å². The minimum absolute atomic E-state index is 0.283. The molecule has 0 heterocycles. The molecule has 0 aromatic heterocycles. The second-order valence-corrected chi connectivity index (χ2v) is 6.78. The maximum atomic E-state index is 13.7. The van der Waals surface area contributed by atoms with Gasteiger partial charge in [-0.05, 0) is 48.3 Å². The van der Waals surface area contributed by atoms with E-state index in [9.17, 15) is 4.39 Å². The van der Waals surface area contributed by atoms with Crippen LogP contribution in [0.4, 0.5) is 4.39 Å². The fourth-order valence-electron chi connectivity index (χ4n) is 3.51. The van der Waals surface area contributed by atoms with Crippen molar-refractivity contribution in [2.45, 2.75) is 52.6 Å². The van der Waals surface area contributed by atoms with E-state index in [1.807, 2.05) is 6.07 Å². The van der Waals surface area contributed by atoms with Crippen molar-refractivity contribution in [3.8, 4) is 5.75 Å². The van der Waals surface area contributed by atoms with Crippen LogP contribution in [0.25, 0.3) is 0 Å². The zero-order valence-corrected chi connectivity index (χ0v) is 13.7. The molecule has 118 valence electrons. The van der Waals surface area contributed by atoms with E-state index >= 15 is 0 Å². The molecule has 0 bridgehead atoms. The fraction of sp³-hybridized carbons (Fsp3) is 0.667. The van der Waals surface area contributed by atoms with Crippen LogP contribution in [0, 0.1) is 23.6 Å². The molecule has 2 nitrogen and oxygen atoms in total. The summed E-state index contributed by atoms with van der Waals surface area (Å²) >= 11 is 0. The maximum absolute atomic E-state index is 13.7. The number of methoxy groups -OCH3 is 1. The average Bonchev–Trinajstić information content (AvgIpc) is 2.45. The third-order valence-corrected chi connectivity index (χ3v) is 4.81. The van der Waals surface area contributed by atoms with Gasteiger partial charge in [0.05, 0.1) is 7.11 Å². The molecule has 21 heavy (non-hydrogen) atoms. The van der Waals surface area contributed by atoms with Gasteiger partial charge in [0, 0.05) is 12.6 Å². The Bertz CT molecular complexity index is 461. The van der Waals surface area contributed by atoms with Crippen LogP contribution in [0.1, 0.15) is 45.6 Å². The molecule has 3 unspecified atom stereocenters. The van der Waals surface area contributed by atoms with Gasteiger partial charge in [-0.15, -0.1) is 0 Å². The summed E-state index contributed by atoms with van der Waals surface area (Å²) in [6, 6.07) is 5.75. The van der Waals surface area contributed by atoms with E-state index in [2.05, 4.69) is 26.1 Å². The Morgan fingerprint density at radius 1 is 1.33 bits per heavy atom. The predicted octanol–water partition coefficient (Wildman–Crippen LogP) is 4.38. The molecule has 0 radical (unpaired) electrons. The van der Waals surface area contributed by atoms with E-state index in [0.29, 0.717) is 17.7 Å². The number of hydrogen-bond acceptors (Lipinski definition) is 2. The van der Waals surface area contributed by atoms with Crippen LogP contribution < -0.4 is 10.1 Å². The van der Waals surface area contributed by atoms with E-state index in [0.717, 1.165) is 23.9 Å².